The van der Waals surface area contributed by atoms with Crippen molar-refractivity contribution in [3.05, 3.63) is 47.7 Å². The predicted octanol–water partition coefficient (Wildman–Crippen LogP) is 1.74. The van der Waals surface area contributed by atoms with Crippen LogP contribution in [0.15, 0.2) is 36.5 Å². The third kappa shape index (κ3) is 2.34. The largest absolute Gasteiger partial charge is 0.480 e. The molecule has 8 nitrogen and oxygen atoms in total. The minimum absolute atomic E-state index is 0.292. The van der Waals surface area contributed by atoms with Crippen molar-refractivity contribution in [2.75, 3.05) is 11.9 Å². The molecular weight excluding hydrogens is 310 g/mol. The lowest BCUT2D eigenvalue weighted by Gasteiger charge is -2.12. The standard InChI is InChI=1S/C16H13N5O3/c22-14(23)8-21-7-9-2-1-3-11(15(9)16(21)24)18-13-5-4-10-12(19-13)6-17-20-10/h1-6H,7-8H2,(H,17,20)(H,18,19)(H,22,23). The van der Waals surface area contributed by atoms with Crippen LogP contribution in [-0.2, 0) is 11.3 Å². The van der Waals surface area contributed by atoms with Crippen LogP contribution >= 0.6 is 0 Å². The minimum atomic E-state index is -1.03. The highest BCUT2D eigenvalue weighted by Gasteiger charge is 2.31. The number of rotatable bonds is 4. The van der Waals surface area contributed by atoms with Gasteiger partial charge in [0.2, 0.25) is 0 Å². The first kappa shape index (κ1) is 14.2. The van der Waals surface area contributed by atoms with Gasteiger partial charge >= 0.3 is 5.97 Å². The van der Waals surface area contributed by atoms with E-state index in [4.69, 9.17) is 5.11 Å². The van der Waals surface area contributed by atoms with Crippen molar-refractivity contribution in [1.29, 1.82) is 0 Å². The Labute approximate surface area is 136 Å². The molecule has 1 aromatic carbocycles. The van der Waals surface area contributed by atoms with Crippen LogP contribution in [-0.4, -0.2) is 43.6 Å². The molecule has 120 valence electrons. The molecule has 4 rings (SSSR count). The molecule has 0 bridgehead atoms. The second kappa shape index (κ2) is 5.34. The zero-order valence-electron chi connectivity index (χ0n) is 12.5. The van der Waals surface area contributed by atoms with E-state index in [9.17, 15) is 9.59 Å². The molecule has 0 fully saturated rings. The highest BCUT2D eigenvalue weighted by atomic mass is 16.4. The summed E-state index contributed by atoms with van der Waals surface area (Å²) in [6.07, 6.45) is 1.62. The van der Waals surface area contributed by atoms with Crippen LogP contribution in [0.5, 0.6) is 0 Å². The Kier molecular flexibility index (Phi) is 3.16. The first-order chi connectivity index (χ1) is 11.6. The van der Waals surface area contributed by atoms with Gasteiger partial charge in [-0.15, -0.1) is 0 Å². The molecule has 3 aromatic rings. The van der Waals surface area contributed by atoms with E-state index in [0.29, 0.717) is 29.1 Å². The van der Waals surface area contributed by atoms with Gasteiger partial charge in [-0.3, -0.25) is 14.7 Å². The molecule has 0 saturated heterocycles. The number of hydrogen-bond acceptors (Lipinski definition) is 5. The summed E-state index contributed by atoms with van der Waals surface area (Å²) in [4.78, 5) is 29.1. The van der Waals surface area contributed by atoms with E-state index in [1.165, 1.54) is 4.90 Å². The fourth-order valence-electron chi connectivity index (χ4n) is 2.85. The van der Waals surface area contributed by atoms with Crippen LogP contribution in [0.3, 0.4) is 0 Å². The number of nitrogens with zero attached hydrogens (tertiary/aromatic N) is 3. The van der Waals surface area contributed by atoms with Gasteiger partial charge in [0.1, 0.15) is 17.9 Å². The molecule has 0 saturated carbocycles. The lowest BCUT2D eigenvalue weighted by Crippen LogP contribution is -2.30. The summed E-state index contributed by atoms with van der Waals surface area (Å²) < 4.78 is 0. The number of aliphatic carboxylic acids is 1. The van der Waals surface area contributed by atoms with E-state index < -0.39 is 5.97 Å². The minimum Gasteiger partial charge on any atom is -0.480 e. The third-order valence-electron chi connectivity index (χ3n) is 3.90. The molecule has 8 heteroatoms. The van der Waals surface area contributed by atoms with Gasteiger partial charge in [0.05, 0.1) is 23.0 Å². The lowest BCUT2D eigenvalue weighted by molar-refractivity contribution is -0.137. The van der Waals surface area contributed by atoms with E-state index in [-0.39, 0.29) is 12.5 Å². The number of carboxylic acids is 1. The molecule has 1 aliphatic heterocycles. The monoisotopic (exact) mass is 323 g/mol. The van der Waals surface area contributed by atoms with Crippen LogP contribution in [0, 0.1) is 0 Å². The Morgan fingerprint density at radius 2 is 2.21 bits per heavy atom. The Hall–Kier alpha value is -3.42. The number of fused-ring (bicyclic) bond motifs is 2. The first-order valence-electron chi connectivity index (χ1n) is 7.32. The summed E-state index contributed by atoms with van der Waals surface area (Å²) in [6.45, 7) is -0.0175. The Morgan fingerprint density at radius 1 is 1.33 bits per heavy atom. The summed E-state index contributed by atoms with van der Waals surface area (Å²) >= 11 is 0. The highest BCUT2D eigenvalue weighted by molar-refractivity contribution is 6.05. The second-order valence-electron chi connectivity index (χ2n) is 5.52. The zero-order chi connectivity index (χ0) is 16.7. The van der Waals surface area contributed by atoms with Gasteiger partial charge < -0.3 is 15.3 Å². The van der Waals surface area contributed by atoms with Crippen LogP contribution in [0.1, 0.15) is 15.9 Å². The fraction of sp³-hybridized carbons (Fsp3) is 0.125. The average Bonchev–Trinajstić information content (AvgIpc) is 3.12. The number of amides is 1. The summed E-state index contributed by atoms with van der Waals surface area (Å²) in [5.74, 6) is -0.737. The number of hydrogen-bond donors (Lipinski definition) is 3. The van der Waals surface area contributed by atoms with E-state index in [2.05, 4.69) is 20.5 Å². The maximum absolute atomic E-state index is 12.5. The number of aromatic nitrogens is 3. The van der Waals surface area contributed by atoms with Crippen molar-refractivity contribution >= 4 is 34.4 Å². The second-order valence-corrected chi connectivity index (χ2v) is 5.52. The highest BCUT2D eigenvalue weighted by Crippen LogP contribution is 2.31. The van der Waals surface area contributed by atoms with Crippen molar-refractivity contribution in [3.63, 3.8) is 0 Å². The lowest BCUT2D eigenvalue weighted by atomic mass is 10.1. The average molecular weight is 323 g/mol. The molecule has 24 heavy (non-hydrogen) atoms. The Balaban J connectivity index is 1.67. The zero-order valence-corrected chi connectivity index (χ0v) is 12.5. The van der Waals surface area contributed by atoms with E-state index in [1.807, 2.05) is 18.2 Å². The SMILES string of the molecule is O=C(O)CN1Cc2cccc(Nc3ccc4[nH]ncc4n3)c2C1=O. The maximum atomic E-state index is 12.5. The normalized spacial score (nSPS) is 13.3. The molecule has 2 aromatic heterocycles. The summed E-state index contributed by atoms with van der Waals surface area (Å²) in [5.41, 5.74) is 3.44. The van der Waals surface area contributed by atoms with Gasteiger partial charge in [-0.2, -0.15) is 5.10 Å². The van der Waals surface area contributed by atoms with Gasteiger partial charge in [0.15, 0.2) is 0 Å². The molecule has 0 radical (unpaired) electrons. The smallest absolute Gasteiger partial charge is 0.323 e. The van der Waals surface area contributed by atoms with Crippen molar-refractivity contribution in [3.8, 4) is 0 Å². The Bertz CT molecular complexity index is 965. The molecule has 3 N–H and O–H groups in total. The Morgan fingerprint density at radius 3 is 3.04 bits per heavy atom. The predicted molar refractivity (Wildman–Crippen MR) is 86.0 cm³/mol. The van der Waals surface area contributed by atoms with Crippen molar-refractivity contribution in [2.45, 2.75) is 6.54 Å². The third-order valence-corrected chi connectivity index (χ3v) is 3.90. The molecule has 0 aliphatic carbocycles. The number of carbonyl (C=O) groups is 2. The number of aromatic amines is 1. The molecule has 0 unspecified atom stereocenters. The number of H-pyrrole nitrogens is 1. The maximum Gasteiger partial charge on any atom is 0.323 e. The van der Waals surface area contributed by atoms with Crippen molar-refractivity contribution in [1.82, 2.24) is 20.1 Å². The van der Waals surface area contributed by atoms with Gasteiger partial charge in [-0.25, -0.2) is 4.98 Å². The molecule has 3 heterocycles. The van der Waals surface area contributed by atoms with Crippen molar-refractivity contribution in [2.24, 2.45) is 0 Å². The van der Waals surface area contributed by atoms with E-state index >= 15 is 0 Å². The van der Waals surface area contributed by atoms with E-state index in [1.54, 1.807) is 18.3 Å². The van der Waals surface area contributed by atoms with Crippen LogP contribution in [0.4, 0.5) is 11.5 Å². The topological polar surface area (TPSA) is 111 Å². The number of nitrogens with one attached hydrogen (secondary N) is 2. The number of pyridine rings is 1. The number of anilines is 2. The molecule has 1 amide bonds. The summed E-state index contributed by atoms with van der Waals surface area (Å²) in [6, 6.07) is 9.07. The number of benzene rings is 1. The molecule has 0 spiro atoms. The van der Waals surface area contributed by atoms with Gasteiger partial charge in [0.25, 0.3) is 5.91 Å². The van der Waals surface area contributed by atoms with Crippen LogP contribution in [0.2, 0.25) is 0 Å². The molecule has 0 atom stereocenters. The summed E-state index contributed by atoms with van der Waals surface area (Å²) in [7, 11) is 0. The number of carbonyl (C=O) groups excluding carboxylic acids is 1. The van der Waals surface area contributed by atoms with Gasteiger partial charge in [0, 0.05) is 6.54 Å². The molecular formula is C16H13N5O3. The van der Waals surface area contributed by atoms with Gasteiger partial charge in [-0.1, -0.05) is 12.1 Å². The van der Waals surface area contributed by atoms with E-state index in [0.717, 1.165) is 11.1 Å². The quantitative estimate of drug-likeness (QED) is 0.674. The van der Waals surface area contributed by atoms with Crippen LogP contribution < -0.4 is 5.32 Å². The van der Waals surface area contributed by atoms with Crippen molar-refractivity contribution < 1.29 is 14.7 Å². The summed E-state index contributed by atoms with van der Waals surface area (Å²) in [5, 5.41) is 18.8. The molecule has 1 aliphatic rings. The fourth-order valence-corrected chi connectivity index (χ4v) is 2.85. The van der Waals surface area contributed by atoms with Crippen LogP contribution in [0.25, 0.3) is 11.0 Å². The number of carboxylic acid groups (broad SMARTS) is 1. The first-order valence-corrected chi connectivity index (χ1v) is 7.32. The van der Waals surface area contributed by atoms with Gasteiger partial charge in [-0.05, 0) is 23.8 Å².